The van der Waals surface area contributed by atoms with E-state index in [9.17, 15) is 4.79 Å². The molecule has 0 aliphatic carbocycles. The minimum atomic E-state index is -0.122. The minimum absolute atomic E-state index is 0.122. The third kappa shape index (κ3) is 2.23. The molecule has 3 rings (SSSR count). The molecule has 0 spiro atoms. The van der Waals surface area contributed by atoms with Crippen LogP contribution in [0.5, 0.6) is 0 Å². The van der Waals surface area contributed by atoms with E-state index in [2.05, 4.69) is 5.10 Å². The van der Waals surface area contributed by atoms with Crippen LogP contribution in [-0.2, 0) is 13.0 Å². The van der Waals surface area contributed by atoms with Crippen molar-refractivity contribution in [2.75, 3.05) is 0 Å². The number of benzene rings is 1. The van der Waals surface area contributed by atoms with E-state index >= 15 is 0 Å². The Hall–Kier alpha value is -2.07. The third-order valence-corrected chi connectivity index (χ3v) is 3.41. The molecule has 0 unspecified atom stereocenters. The lowest BCUT2D eigenvalue weighted by Gasteiger charge is -1.95. The van der Waals surface area contributed by atoms with Crippen molar-refractivity contribution in [2.45, 2.75) is 19.9 Å². The molecule has 0 bridgehead atoms. The van der Waals surface area contributed by atoms with E-state index in [1.807, 2.05) is 35.9 Å². The Morgan fingerprint density at radius 2 is 2.10 bits per heavy atom. The number of Topliss-reactive ketones (excluding diaryl/α,β-unsaturated/α-hetero) is 1. The summed E-state index contributed by atoms with van der Waals surface area (Å²) in [6.07, 6.45) is 0.206. The van der Waals surface area contributed by atoms with Crippen LogP contribution >= 0.6 is 11.6 Å². The van der Waals surface area contributed by atoms with Crippen LogP contribution in [-0.4, -0.2) is 15.6 Å². The molecule has 0 radical (unpaired) electrons. The molecule has 0 saturated carbocycles. The molecule has 0 fully saturated rings. The molecule has 0 atom stereocenters. The van der Waals surface area contributed by atoms with Gasteiger partial charge in [0.1, 0.15) is 0 Å². The first kappa shape index (κ1) is 12.9. The number of halogens is 1. The predicted molar refractivity (Wildman–Crippen MR) is 77.2 cm³/mol. The zero-order valence-electron chi connectivity index (χ0n) is 11.0. The fraction of sp³-hybridized carbons (Fsp3) is 0.200. The van der Waals surface area contributed by atoms with Gasteiger partial charge in [-0.1, -0.05) is 18.2 Å². The van der Waals surface area contributed by atoms with Gasteiger partial charge in [-0.15, -0.1) is 0 Å². The van der Waals surface area contributed by atoms with E-state index in [4.69, 9.17) is 16.0 Å². The molecule has 102 valence electrons. The highest BCUT2D eigenvalue weighted by atomic mass is 35.5. The summed E-state index contributed by atoms with van der Waals surface area (Å²) >= 11 is 5.69. The van der Waals surface area contributed by atoms with Gasteiger partial charge in [-0.3, -0.25) is 9.48 Å². The van der Waals surface area contributed by atoms with Crippen molar-refractivity contribution in [3.05, 3.63) is 53.1 Å². The molecule has 0 aliphatic heterocycles. The fourth-order valence-corrected chi connectivity index (χ4v) is 2.42. The summed E-state index contributed by atoms with van der Waals surface area (Å²) < 4.78 is 7.04. The van der Waals surface area contributed by atoms with Crippen molar-refractivity contribution in [2.24, 2.45) is 0 Å². The highest BCUT2D eigenvalue weighted by Crippen LogP contribution is 2.21. The number of rotatable bonds is 4. The lowest BCUT2D eigenvalue weighted by molar-refractivity contribution is 0.0965. The number of para-hydroxylation sites is 1. The van der Waals surface area contributed by atoms with Gasteiger partial charge in [0.2, 0.25) is 5.78 Å². The molecule has 2 aromatic heterocycles. The van der Waals surface area contributed by atoms with Gasteiger partial charge in [-0.2, -0.15) is 5.10 Å². The van der Waals surface area contributed by atoms with Crippen LogP contribution in [0.4, 0.5) is 0 Å². The Morgan fingerprint density at radius 3 is 2.80 bits per heavy atom. The summed E-state index contributed by atoms with van der Waals surface area (Å²) in [5, 5.41) is 5.72. The number of hydrogen-bond donors (Lipinski definition) is 0. The smallest absolute Gasteiger partial charge is 0.204 e. The predicted octanol–water partition coefficient (Wildman–Crippen LogP) is 3.73. The van der Waals surface area contributed by atoms with Crippen LogP contribution in [0.25, 0.3) is 10.9 Å². The molecule has 3 aromatic rings. The van der Waals surface area contributed by atoms with Crippen LogP contribution < -0.4 is 0 Å². The summed E-state index contributed by atoms with van der Waals surface area (Å²) in [7, 11) is 0. The van der Waals surface area contributed by atoms with Gasteiger partial charge in [-0.05, 0) is 36.7 Å². The number of hydrogen-bond acceptors (Lipinski definition) is 3. The number of carbonyl (C=O) groups is 1. The second kappa shape index (κ2) is 5.13. The van der Waals surface area contributed by atoms with Gasteiger partial charge in [-0.25, -0.2) is 0 Å². The monoisotopic (exact) mass is 288 g/mol. The quantitative estimate of drug-likeness (QED) is 0.687. The van der Waals surface area contributed by atoms with Crippen molar-refractivity contribution in [1.29, 1.82) is 0 Å². The summed E-state index contributed by atoms with van der Waals surface area (Å²) in [6.45, 7) is 2.79. The third-order valence-electron chi connectivity index (χ3n) is 3.21. The summed E-state index contributed by atoms with van der Waals surface area (Å²) in [6, 6.07) is 11.0. The second-order valence-electron chi connectivity index (χ2n) is 4.48. The Balaban J connectivity index is 1.97. The van der Waals surface area contributed by atoms with Crippen molar-refractivity contribution in [3.63, 3.8) is 0 Å². The zero-order valence-corrected chi connectivity index (χ0v) is 11.7. The maximum Gasteiger partial charge on any atom is 0.204 e. The lowest BCUT2D eigenvalue weighted by Crippen LogP contribution is -2.04. The average molecular weight is 289 g/mol. The van der Waals surface area contributed by atoms with Crippen LogP contribution in [0.15, 0.2) is 40.8 Å². The van der Waals surface area contributed by atoms with Gasteiger partial charge in [0.25, 0.3) is 0 Å². The van der Waals surface area contributed by atoms with Gasteiger partial charge in [0.05, 0.1) is 17.6 Å². The molecule has 5 heteroatoms. The first-order valence-corrected chi connectivity index (χ1v) is 6.80. The largest absolute Gasteiger partial charge is 0.442 e. The first-order valence-electron chi connectivity index (χ1n) is 6.42. The number of aryl methyl sites for hydroxylation is 1. The molecular weight excluding hydrogens is 276 g/mol. The second-order valence-corrected chi connectivity index (χ2v) is 4.86. The number of nitrogens with zero attached hydrogens (tertiary/aromatic N) is 2. The Labute approximate surface area is 120 Å². The number of ketones is 1. The van der Waals surface area contributed by atoms with Crippen LogP contribution in [0.1, 0.15) is 23.2 Å². The standard InChI is InChI=1S/C15H13ClN2O2/c1-2-18-12-6-4-3-5-10(12)11(17-18)9-13(19)14-7-8-15(16)20-14/h3-8H,2,9H2,1H3. The van der Waals surface area contributed by atoms with Gasteiger partial charge >= 0.3 is 0 Å². The normalized spacial score (nSPS) is 11.1. The van der Waals surface area contributed by atoms with E-state index in [0.717, 1.165) is 23.1 Å². The topological polar surface area (TPSA) is 48.0 Å². The number of fused-ring (bicyclic) bond motifs is 1. The maximum atomic E-state index is 12.2. The Bertz CT molecular complexity index is 773. The van der Waals surface area contributed by atoms with E-state index in [-0.39, 0.29) is 23.2 Å². The Kier molecular flexibility index (Phi) is 3.32. The average Bonchev–Trinajstić information content (AvgIpc) is 3.03. The molecule has 1 aromatic carbocycles. The molecule has 0 saturated heterocycles. The summed E-state index contributed by atoms with van der Waals surface area (Å²) in [5.41, 5.74) is 1.80. The van der Waals surface area contributed by atoms with Crippen LogP contribution in [0.3, 0.4) is 0 Å². The number of aromatic nitrogens is 2. The van der Waals surface area contributed by atoms with Crippen molar-refractivity contribution < 1.29 is 9.21 Å². The fourth-order valence-electron chi connectivity index (χ4n) is 2.27. The van der Waals surface area contributed by atoms with E-state index in [1.165, 1.54) is 0 Å². The molecular formula is C15H13ClN2O2. The highest BCUT2D eigenvalue weighted by molar-refractivity contribution is 6.29. The minimum Gasteiger partial charge on any atom is -0.442 e. The number of furan rings is 1. The SMILES string of the molecule is CCn1nc(CC(=O)c2ccc(Cl)o2)c2ccccc21. The Morgan fingerprint density at radius 1 is 1.30 bits per heavy atom. The highest BCUT2D eigenvalue weighted by Gasteiger charge is 2.16. The van der Waals surface area contributed by atoms with Crippen LogP contribution in [0.2, 0.25) is 5.22 Å². The van der Waals surface area contributed by atoms with E-state index < -0.39 is 0 Å². The van der Waals surface area contributed by atoms with Crippen molar-refractivity contribution >= 4 is 28.3 Å². The van der Waals surface area contributed by atoms with Crippen molar-refractivity contribution in [3.8, 4) is 0 Å². The molecule has 0 N–H and O–H groups in total. The summed E-state index contributed by atoms with van der Waals surface area (Å²) in [4.78, 5) is 12.2. The molecule has 0 aliphatic rings. The van der Waals surface area contributed by atoms with E-state index in [0.29, 0.717) is 0 Å². The van der Waals surface area contributed by atoms with Gasteiger partial charge < -0.3 is 4.42 Å². The summed E-state index contributed by atoms with van der Waals surface area (Å²) in [5.74, 6) is 0.147. The zero-order chi connectivity index (χ0) is 14.1. The van der Waals surface area contributed by atoms with E-state index in [1.54, 1.807) is 12.1 Å². The molecule has 4 nitrogen and oxygen atoms in total. The molecule has 2 heterocycles. The van der Waals surface area contributed by atoms with Crippen molar-refractivity contribution in [1.82, 2.24) is 9.78 Å². The molecule has 20 heavy (non-hydrogen) atoms. The number of carbonyl (C=O) groups excluding carboxylic acids is 1. The molecule has 0 amide bonds. The van der Waals surface area contributed by atoms with Gasteiger partial charge in [0.15, 0.2) is 11.0 Å². The van der Waals surface area contributed by atoms with Gasteiger partial charge in [0, 0.05) is 11.9 Å². The maximum absolute atomic E-state index is 12.2. The van der Waals surface area contributed by atoms with Crippen LogP contribution in [0, 0.1) is 0 Å². The lowest BCUT2D eigenvalue weighted by atomic mass is 10.1. The first-order chi connectivity index (χ1) is 9.69.